The molecule has 3 rings (SSSR count). The van der Waals surface area contributed by atoms with E-state index in [0.29, 0.717) is 16.3 Å². The first-order chi connectivity index (χ1) is 13.5. The Bertz CT molecular complexity index is 1230. The normalized spacial score (nSPS) is 12.4. The molecule has 0 bridgehead atoms. The second-order valence-corrected chi connectivity index (χ2v) is 8.66. The number of nitrogens with one attached hydrogen (secondary N) is 1. The van der Waals surface area contributed by atoms with Crippen LogP contribution in [-0.2, 0) is 25.9 Å². The van der Waals surface area contributed by atoms with Crippen LogP contribution in [0.1, 0.15) is 23.6 Å². The zero-order valence-corrected chi connectivity index (χ0v) is 18.5. The summed E-state index contributed by atoms with van der Waals surface area (Å²) < 4.78 is 4.02. The van der Waals surface area contributed by atoms with Crippen molar-refractivity contribution in [3.05, 3.63) is 49.7 Å². The van der Waals surface area contributed by atoms with E-state index in [2.05, 4.69) is 10.3 Å². The molecule has 2 aromatic heterocycles. The lowest BCUT2D eigenvalue weighted by Crippen LogP contribution is -2.37. The van der Waals surface area contributed by atoms with Gasteiger partial charge in [0.15, 0.2) is 16.3 Å². The maximum atomic E-state index is 12.8. The lowest BCUT2D eigenvalue weighted by Gasteiger charge is -2.16. The van der Waals surface area contributed by atoms with Crippen molar-refractivity contribution < 1.29 is 4.79 Å². The Hall–Kier alpha value is -2.81. The molecule has 0 spiro atoms. The van der Waals surface area contributed by atoms with E-state index in [0.717, 1.165) is 26.9 Å². The first kappa shape index (κ1) is 20.9. The van der Waals surface area contributed by atoms with Crippen molar-refractivity contribution in [2.45, 2.75) is 38.1 Å². The molecule has 3 aromatic rings. The Morgan fingerprint density at radius 3 is 2.21 bits per heavy atom. The highest BCUT2D eigenvalue weighted by Crippen LogP contribution is 2.27. The summed E-state index contributed by atoms with van der Waals surface area (Å²) in [7, 11) is 4.72. The van der Waals surface area contributed by atoms with Gasteiger partial charge in [-0.05, 0) is 38.8 Å². The molecule has 0 aliphatic heterocycles. The molecule has 0 fully saturated rings. The number of carbonyl (C=O) groups excluding carboxylic acids is 1. The van der Waals surface area contributed by atoms with Gasteiger partial charge in [0.2, 0.25) is 5.91 Å². The van der Waals surface area contributed by atoms with Crippen LogP contribution in [0.4, 0.5) is 5.69 Å². The van der Waals surface area contributed by atoms with Crippen LogP contribution in [0.3, 0.4) is 0 Å². The number of hydrogen-bond acceptors (Lipinski definition) is 5. The quantitative estimate of drug-likeness (QED) is 0.659. The molecular weight excluding hydrogens is 390 g/mol. The Balaban J connectivity index is 1.91. The molecule has 1 aromatic carbocycles. The van der Waals surface area contributed by atoms with Crippen LogP contribution >= 0.6 is 11.8 Å². The molecule has 1 amide bonds. The fourth-order valence-corrected chi connectivity index (χ4v) is 4.29. The van der Waals surface area contributed by atoms with Gasteiger partial charge in [0.1, 0.15) is 0 Å². The maximum Gasteiger partial charge on any atom is 0.332 e. The number of anilines is 1. The lowest BCUT2D eigenvalue weighted by atomic mass is 10.1. The van der Waals surface area contributed by atoms with E-state index in [4.69, 9.17) is 0 Å². The molecule has 29 heavy (non-hydrogen) atoms. The van der Waals surface area contributed by atoms with Crippen LogP contribution in [0.15, 0.2) is 26.9 Å². The summed E-state index contributed by atoms with van der Waals surface area (Å²) in [6.45, 7) is 7.74. The van der Waals surface area contributed by atoms with E-state index in [1.807, 2.05) is 32.9 Å². The Labute approximate surface area is 172 Å². The van der Waals surface area contributed by atoms with Crippen molar-refractivity contribution in [1.29, 1.82) is 0 Å². The molecule has 8 nitrogen and oxygen atoms in total. The Morgan fingerprint density at radius 2 is 1.62 bits per heavy atom. The first-order valence-corrected chi connectivity index (χ1v) is 10.1. The van der Waals surface area contributed by atoms with Gasteiger partial charge in [-0.25, -0.2) is 9.78 Å². The van der Waals surface area contributed by atoms with Gasteiger partial charge in [-0.3, -0.25) is 18.7 Å². The van der Waals surface area contributed by atoms with Crippen molar-refractivity contribution in [2.24, 2.45) is 21.1 Å². The number of imidazole rings is 1. The monoisotopic (exact) mass is 415 g/mol. The SMILES string of the molecule is Cc1cc(C)c(NC(=O)[C@@H](C)Sc2nc3c(c(=O)n(C)c(=O)n3C)n2C)c(C)c1. The average Bonchev–Trinajstić information content (AvgIpc) is 2.97. The number of aryl methyl sites for hydroxylation is 5. The van der Waals surface area contributed by atoms with Crippen LogP contribution in [0.2, 0.25) is 0 Å². The van der Waals surface area contributed by atoms with Crippen molar-refractivity contribution in [3.63, 3.8) is 0 Å². The Morgan fingerprint density at radius 1 is 1.03 bits per heavy atom. The maximum absolute atomic E-state index is 12.8. The van der Waals surface area contributed by atoms with Gasteiger partial charge in [-0.15, -0.1) is 0 Å². The van der Waals surface area contributed by atoms with E-state index in [1.165, 1.54) is 23.4 Å². The van der Waals surface area contributed by atoms with Crippen molar-refractivity contribution in [1.82, 2.24) is 18.7 Å². The summed E-state index contributed by atoms with van der Waals surface area (Å²) >= 11 is 1.24. The van der Waals surface area contributed by atoms with Crippen LogP contribution < -0.4 is 16.6 Å². The fraction of sp³-hybridized carbons (Fsp3) is 0.400. The number of aromatic nitrogens is 4. The summed E-state index contributed by atoms with van der Waals surface area (Å²) in [6.07, 6.45) is 0. The first-order valence-electron chi connectivity index (χ1n) is 9.20. The van der Waals surface area contributed by atoms with Gasteiger partial charge in [0.25, 0.3) is 5.56 Å². The number of amides is 1. The van der Waals surface area contributed by atoms with Crippen LogP contribution in [0.5, 0.6) is 0 Å². The highest BCUT2D eigenvalue weighted by molar-refractivity contribution is 8.00. The highest BCUT2D eigenvalue weighted by Gasteiger charge is 2.22. The van der Waals surface area contributed by atoms with Gasteiger partial charge >= 0.3 is 5.69 Å². The number of fused-ring (bicyclic) bond motifs is 1. The second-order valence-electron chi connectivity index (χ2n) is 7.35. The zero-order chi connectivity index (χ0) is 21.6. The van der Waals surface area contributed by atoms with Gasteiger partial charge in [0.05, 0.1) is 5.25 Å². The van der Waals surface area contributed by atoms with Crippen LogP contribution in [0, 0.1) is 20.8 Å². The van der Waals surface area contributed by atoms with Crippen LogP contribution in [0.25, 0.3) is 11.2 Å². The topological polar surface area (TPSA) is 90.9 Å². The van der Waals surface area contributed by atoms with Gasteiger partial charge < -0.3 is 9.88 Å². The fourth-order valence-electron chi connectivity index (χ4n) is 3.42. The highest BCUT2D eigenvalue weighted by atomic mass is 32.2. The van der Waals surface area contributed by atoms with Crippen molar-refractivity contribution >= 4 is 34.5 Å². The summed E-state index contributed by atoms with van der Waals surface area (Å²) in [5.74, 6) is -0.154. The molecule has 0 unspecified atom stereocenters. The predicted molar refractivity (Wildman–Crippen MR) is 116 cm³/mol. The molecule has 0 aliphatic carbocycles. The van der Waals surface area contributed by atoms with E-state index in [9.17, 15) is 14.4 Å². The third-order valence-electron chi connectivity index (χ3n) is 5.01. The molecule has 0 saturated heterocycles. The van der Waals surface area contributed by atoms with Crippen molar-refractivity contribution in [3.8, 4) is 0 Å². The summed E-state index contributed by atoms with van der Waals surface area (Å²) in [5, 5.41) is 3.05. The van der Waals surface area contributed by atoms with Crippen LogP contribution in [-0.4, -0.2) is 29.8 Å². The van der Waals surface area contributed by atoms with Gasteiger partial charge in [-0.1, -0.05) is 29.5 Å². The summed E-state index contributed by atoms with van der Waals surface area (Å²) in [4.78, 5) is 41.9. The third-order valence-corrected chi connectivity index (χ3v) is 6.15. The summed E-state index contributed by atoms with van der Waals surface area (Å²) in [5.41, 5.74) is 3.77. The van der Waals surface area contributed by atoms with E-state index in [1.54, 1.807) is 25.6 Å². The zero-order valence-electron chi connectivity index (χ0n) is 17.7. The third kappa shape index (κ3) is 3.62. The molecule has 0 aliphatic rings. The minimum absolute atomic E-state index is 0.154. The minimum atomic E-state index is -0.452. The number of hydrogen-bond donors (Lipinski definition) is 1. The number of benzene rings is 1. The van der Waals surface area contributed by atoms with Crippen molar-refractivity contribution in [2.75, 3.05) is 5.32 Å². The average molecular weight is 416 g/mol. The van der Waals surface area contributed by atoms with E-state index in [-0.39, 0.29) is 5.91 Å². The second kappa shape index (κ2) is 7.55. The molecule has 154 valence electrons. The molecule has 0 radical (unpaired) electrons. The summed E-state index contributed by atoms with van der Waals surface area (Å²) in [6, 6.07) is 4.06. The lowest BCUT2D eigenvalue weighted by molar-refractivity contribution is -0.115. The largest absolute Gasteiger partial charge is 0.332 e. The molecule has 1 N–H and O–H groups in total. The molecular formula is C20H25N5O3S. The van der Waals surface area contributed by atoms with E-state index >= 15 is 0 Å². The number of carbonyl (C=O) groups is 1. The predicted octanol–water partition coefficient (Wildman–Crippen LogP) is 2.02. The standard InChI is InChI=1S/C20H25N5O3S/c1-10-8-11(2)14(12(3)9-10)21-17(26)13(4)29-19-22-16-15(23(19)5)18(27)25(7)20(28)24(16)6/h8-9,13H,1-7H3,(H,21,26)/t13-/m1/s1. The van der Waals surface area contributed by atoms with E-state index < -0.39 is 16.5 Å². The number of thioether (sulfide) groups is 1. The molecule has 1 atom stereocenters. The molecule has 0 saturated carbocycles. The molecule has 2 heterocycles. The molecule has 9 heteroatoms. The number of rotatable bonds is 4. The Kier molecular flexibility index (Phi) is 5.44. The smallest absolute Gasteiger partial charge is 0.325 e. The minimum Gasteiger partial charge on any atom is -0.325 e. The van der Waals surface area contributed by atoms with Gasteiger partial charge in [0, 0.05) is 26.8 Å². The van der Waals surface area contributed by atoms with Gasteiger partial charge in [-0.2, -0.15) is 0 Å². The number of nitrogens with zero attached hydrogens (tertiary/aromatic N) is 4.